The molecule has 5 aliphatic rings. The van der Waals surface area contributed by atoms with Crippen LogP contribution in [0.1, 0.15) is 115 Å². The SMILES string of the molecule is C=C1C[C@@H]2[C@H](CC[C@]3(C)C(=O)CC[C@@H]23)[C@@]2(C)C=CC(=O)C=C12.CC/C(=C(\c1ccccc1)c1ccc(OCCN(C)C)cc1)c1ccccc1.CCCCCOC(=O)Nc1nc(=O)n([C@@H]2O[C@H](C)[C@@H](O)[C@H]2O)cc1F. The normalized spacial score (nSPS) is 26.8. The Hall–Kier alpha value is -6.32. The Labute approximate surface area is 441 Å². The smallest absolute Gasteiger partial charge is 0.412 e. The van der Waals surface area contributed by atoms with Gasteiger partial charge < -0.3 is 29.3 Å². The van der Waals surface area contributed by atoms with Gasteiger partial charge >= 0.3 is 11.8 Å². The Morgan fingerprint density at radius 1 is 0.907 bits per heavy atom. The van der Waals surface area contributed by atoms with Crippen LogP contribution in [0.25, 0.3) is 11.1 Å². The van der Waals surface area contributed by atoms with Crippen LogP contribution in [0.4, 0.5) is 15.0 Å². The summed E-state index contributed by atoms with van der Waals surface area (Å²) in [5, 5.41) is 21.6. The van der Waals surface area contributed by atoms with Crippen molar-refractivity contribution in [2.45, 2.75) is 117 Å². The van der Waals surface area contributed by atoms with Crippen LogP contribution in [0.2, 0.25) is 0 Å². The molecule has 3 saturated carbocycles. The molecule has 4 aliphatic carbocycles. The van der Waals surface area contributed by atoms with Crippen molar-refractivity contribution < 1.29 is 43.2 Å². The lowest BCUT2D eigenvalue weighted by Crippen LogP contribution is -2.50. The van der Waals surface area contributed by atoms with Gasteiger partial charge in [0.15, 0.2) is 23.6 Å². The summed E-state index contributed by atoms with van der Waals surface area (Å²) in [5.74, 6) is 1.47. The largest absolute Gasteiger partial charge is 0.492 e. The number of ether oxygens (including phenoxy) is 3. The van der Waals surface area contributed by atoms with E-state index in [1.807, 2.05) is 6.92 Å². The van der Waals surface area contributed by atoms with Gasteiger partial charge in [-0.3, -0.25) is 19.5 Å². The number of unbranched alkanes of at least 4 members (excludes halogenated alkanes) is 2. The van der Waals surface area contributed by atoms with Crippen molar-refractivity contribution in [3.05, 3.63) is 160 Å². The summed E-state index contributed by atoms with van der Waals surface area (Å²) in [6.07, 6.45) is 9.21. The molecule has 3 aromatic carbocycles. The van der Waals surface area contributed by atoms with E-state index in [4.69, 9.17) is 14.2 Å². The van der Waals surface area contributed by atoms with Crippen molar-refractivity contribution >= 4 is 34.6 Å². The standard InChI is InChI=1S/C26H29NO.C20H24O2.C15H22FN3O6/c1-4-25(21-11-7-5-8-12-21)26(22-13-9-6-10-14-22)23-15-17-24(18-16-23)28-20-19-27(2)3;1-12-10-14-15-4-5-18(22)20(15,3)9-7-16(14)19(2)8-6-13(21)11-17(12)19;1-3-4-5-6-24-15(23)18-12-9(16)7-19(14(22)17-12)13-11(21)10(20)8(2)25-13/h5-18H,4,19-20H2,1-3H3;6,8,11,14-16H,1,4-5,7,9-10H2,2-3H3;7-8,10-11,13,20-21H,3-6H2,1-2H3,(H,17,18,22,23)/b26-25-;;/t;14-,15-,16-,19+,20-;8-,10-,11-,13-/m.01/s1. The van der Waals surface area contributed by atoms with E-state index in [1.165, 1.54) is 34.8 Å². The fourth-order valence-corrected chi connectivity index (χ4v) is 11.8. The van der Waals surface area contributed by atoms with Gasteiger partial charge in [0.2, 0.25) is 0 Å². The van der Waals surface area contributed by atoms with Gasteiger partial charge in [0, 0.05) is 23.8 Å². The number of ketones is 2. The number of allylic oxidation sites excluding steroid dienone is 6. The summed E-state index contributed by atoms with van der Waals surface area (Å²) in [4.78, 5) is 53.4. The summed E-state index contributed by atoms with van der Waals surface area (Å²) < 4.78 is 30.8. The van der Waals surface area contributed by atoms with Crippen LogP contribution in [-0.4, -0.2) is 94.5 Å². The summed E-state index contributed by atoms with van der Waals surface area (Å²) in [7, 11) is 4.11. The van der Waals surface area contributed by atoms with Crippen molar-refractivity contribution in [1.82, 2.24) is 14.5 Å². The zero-order chi connectivity index (χ0) is 54.0. The van der Waals surface area contributed by atoms with E-state index in [1.54, 1.807) is 12.2 Å². The molecule has 1 aromatic heterocycles. The lowest BCUT2D eigenvalue weighted by molar-refractivity contribution is -0.131. The number of aliphatic hydroxyl groups excluding tert-OH is 2. The molecule has 0 bridgehead atoms. The van der Waals surface area contributed by atoms with Gasteiger partial charge in [0.1, 0.15) is 30.3 Å². The highest BCUT2D eigenvalue weighted by Gasteiger charge is 2.59. The number of aliphatic hydroxyl groups is 2. The van der Waals surface area contributed by atoms with Crippen molar-refractivity contribution in [3.63, 3.8) is 0 Å². The van der Waals surface area contributed by atoms with Crippen molar-refractivity contribution in [2.24, 2.45) is 28.6 Å². The monoisotopic (exact) mass is 1030 g/mol. The van der Waals surface area contributed by atoms with Gasteiger partial charge in [-0.25, -0.2) is 14.0 Å². The Morgan fingerprint density at radius 3 is 2.20 bits per heavy atom. The van der Waals surface area contributed by atoms with Gasteiger partial charge in [0.05, 0.1) is 18.9 Å². The summed E-state index contributed by atoms with van der Waals surface area (Å²) in [5.41, 5.74) is 7.51. The quantitative estimate of drug-likeness (QED) is 0.0812. The first-order chi connectivity index (χ1) is 35.9. The number of fused-ring (bicyclic) bond motifs is 5. The highest BCUT2D eigenvalue weighted by Crippen LogP contribution is 2.64. The Kier molecular flexibility index (Phi) is 18.8. The number of likely N-dealkylation sites (N-methyl/N-ethyl adjacent to an activating group) is 1. The number of halogens is 1. The van der Waals surface area contributed by atoms with Crippen molar-refractivity contribution in [2.75, 3.05) is 39.2 Å². The van der Waals surface area contributed by atoms with Crippen LogP contribution in [0.15, 0.2) is 132 Å². The molecule has 14 heteroatoms. The van der Waals surface area contributed by atoms with Crippen LogP contribution in [0.5, 0.6) is 5.75 Å². The van der Waals surface area contributed by atoms with Gasteiger partial charge in [-0.1, -0.05) is 132 Å². The molecule has 1 amide bonds. The zero-order valence-electron chi connectivity index (χ0n) is 44.6. The first kappa shape index (κ1) is 56.4. The minimum Gasteiger partial charge on any atom is -0.492 e. The number of carbonyl (C=O) groups excluding carboxylic acids is 3. The van der Waals surface area contributed by atoms with Crippen molar-refractivity contribution in [3.8, 4) is 5.75 Å². The Morgan fingerprint density at radius 2 is 1.57 bits per heavy atom. The third-order valence-electron chi connectivity index (χ3n) is 15.9. The molecule has 3 N–H and O–H groups in total. The second kappa shape index (κ2) is 25.0. The molecule has 400 valence electrons. The minimum absolute atomic E-state index is 0.0686. The molecule has 2 heterocycles. The molecule has 4 fully saturated rings. The summed E-state index contributed by atoms with van der Waals surface area (Å²) >= 11 is 0. The number of nitrogens with zero attached hydrogens (tertiary/aromatic N) is 3. The number of amides is 1. The van der Waals surface area contributed by atoms with E-state index < -0.39 is 48.0 Å². The Balaban J connectivity index is 0.000000165. The maximum absolute atomic E-state index is 14.1. The second-order valence-electron chi connectivity index (χ2n) is 21.1. The maximum Gasteiger partial charge on any atom is 0.412 e. The number of aromatic nitrogens is 2. The Bertz CT molecular complexity index is 2810. The molecular formula is C61H75FN4O9. The summed E-state index contributed by atoms with van der Waals surface area (Å²) in [6.45, 7) is 16.3. The van der Waals surface area contributed by atoms with E-state index >= 15 is 0 Å². The predicted molar refractivity (Wildman–Crippen MR) is 290 cm³/mol. The number of hydrogen-bond acceptors (Lipinski definition) is 11. The molecule has 4 aromatic rings. The van der Waals surface area contributed by atoms with E-state index in [-0.39, 0.29) is 23.2 Å². The highest BCUT2D eigenvalue weighted by molar-refractivity contribution is 6.02. The lowest BCUT2D eigenvalue weighted by atomic mass is 9.48. The molecule has 0 radical (unpaired) electrons. The number of carbonyl (C=O) groups is 3. The number of rotatable bonds is 14. The van der Waals surface area contributed by atoms with Crippen LogP contribution in [0, 0.1) is 34.4 Å². The number of anilines is 1. The first-order valence-corrected chi connectivity index (χ1v) is 26.5. The number of Topliss-reactive ketones (excluding diaryl/α,β-unsaturated/α-hetero) is 1. The van der Waals surface area contributed by atoms with Gasteiger partial charge in [-0.15, -0.1) is 0 Å². The van der Waals surface area contributed by atoms with E-state index in [0.29, 0.717) is 36.6 Å². The fourth-order valence-electron chi connectivity index (χ4n) is 11.8. The minimum atomic E-state index is -1.41. The van der Waals surface area contributed by atoms with Gasteiger partial charge in [-0.05, 0) is 135 Å². The number of hydrogen-bond donors (Lipinski definition) is 3. The van der Waals surface area contributed by atoms with Gasteiger partial charge in [0.25, 0.3) is 0 Å². The van der Waals surface area contributed by atoms with E-state index in [2.05, 4.69) is 148 Å². The molecule has 9 atom stereocenters. The number of benzene rings is 3. The van der Waals surface area contributed by atoms with E-state index in [9.17, 15) is 33.8 Å². The molecule has 1 saturated heterocycles. The van der Waals surface area contributed by atoms with Crippen LogP contribution >= 0.6 is 0 Å². The van der Waals surface area contributed by atoms with Crippen LogP contribution < -0.4 is 15.7 Å². The third-order valence-corrected chi connectivity index (χ3v) is 15.9. The molecule has 9 rings (SSSR count). The predicted octanol–water partition coefficient (Wildman–Crippen LogP) is 10.8. The summed E-state index contributed by atoms with van der Waals surface area (Å²) in [6, 6.07) is 29.8. The third kappa shape index (κ3) is 12.9. The van der Waals surface area contributed by atoms with Crippen LogP contribution in [0.3, 0.4) is 0 Å². The first-order valence-electron chi connectivity index (χ1n) is 26.5. The van der Waals surface area contributed by atoms with Crippen molar-refractivity contribution in [1.29, 1.82) is 0 Å². The van der Waals surface area contributed by atoms with Crippen LogP contribution in [-0.2, 0) is 19.1 Å². The van der Waals surface area contributed by atoms with E-state index in [0.717, 1.165) is 85.6 Å². The average Bonchev–Trinajstić information content (AvgIpc) is 3.87. The molecule has 0 unspecified atom stereocenters. The molecule has 1 aliphatic heterocycles. The molecule has 13 nitrogen and oxygen atoms in total. The fraction of sp³-hybridized carbons (Fsp3) is 0.459. The lowest BCUT2D eigenvalue weighted by Gasteiger charge is -2.56. The maximum atomic E-state index is 14.1. The number of nitrogens with one attached hydrogen (secondary N) is 1. The molecular weight excluding hydrogens is 952 g/mol. The zero-order valence-corrected chi connectivity index (χ0v) is 44.6. The highest BCUT2D eigenvalue weighted by atomic mass is 19.1. The topological polar surface area (TPSA) is 170 Å². The average molecular weight is 1030 g/mol. The molecule has 75 heavy (non-hydrogen) atoms. The second-order valence-corrected chi connectivity index (χ2v) is 21.1. The molecule has 0 spiro atoms. The van der Waals surface area contributed by atoms with Gasteiger partial charge in [-0.2, -0.15) is 4.98 Å².